The Hall–Kier alpha value is -0.463. The zero-order chi connectivity index (χ0) is 11.3. The van der Waals surface area contributed by atoms with Gasteiger partial charge in [0.05, 0.1) is 0 Å². The minimum absolute atomic E-state index is 0.130. The lowest BCUT2D eigenvalue weighted by Crippen LogP contribution is -2.36. The van der Waals surface area contributed by atoms with E-state index in [0.29, 0.717) is 6.73 Å². The molecule has 0 radical (unpaired) electrons. The maximum absolute atomic E-state index is 5.53. The highest BCUT2D eigenvalue weighted by molar-refractivity contribution is 6.76. The molecule has 0 saturated carbocycles. The quantitative estimate of drug-likeness (QED) is 0.562. The van der Waals surface area contributed by atoms with E-state index >= 15 is 0 Å². The van der Waals surface area contributed by atoms with Gasteiger partial charge in [0.1, 0.15) is 6.17 Å². The smallest absolute Gasteiger partial charge is 0.153 e. The first-order chi connectivity index (χ1) is 7.01. The molecule has 0 bridgehead atoms. The van der Waals surface area contributed by atoms with Crippen molar-refractivity contribution in [3.8, 4) is 0 Å². The minimum atomic E-state index is -0.972. The van der Waals surface area contributed by atoms with Gasteiger partial charge in [-0.1, -0.05) is 31.8 Å². The summed E-state index contributed by atoms with van der Waals surface area (Å²) in [5.41, 5.74) is 3.12. The first-order valence-corrected chi connectivity index (χ1v) is 9.24. The van der Waals surface area contributed by atoms with Gasteiger partial charge in [0.15, 0.2) is 6.73 Å². The highest BCUT2D eigenvalue weighted by atomic mass is 28.3. The predicted molar refractivity (Wildman–Crippen MR) is 62.9 cm³/mol. The standard InChI is InChI=1S/C9H22N4OSi/c1-5-9-10-12-13(11-9)8-14-6-7-15(2,3)4/h9,11H,5-8H2,1-4H3. The summed E-state index contributed by atoms with van der Waals surface area (Å²) >= 11 is 0. The van der Waals surface area contributed by atoms with Crippen LogP contribution in [0, 0.1) is 0 Å². The van der Waals surface area contributed by atoms with E-state index in [-0.39, 0.29) is 6.17 Å². The minimum Gasteiger partial charge on any atom is -0.358 e. The molecule has 0 aromatic carbocycles. The first-order valence-electron chi connectivity index (χ1n) is 5.53. The second-order valence-electron chi connectivity index (χ2n) is 5.01. The highest BCUT2D eigenvalue weighted by Gasteiger charge is 2.16. The van der Waals surface area contributed by atoms with Crippen molar-refractivity contribution < 1.29 is 4.74 Å². The number of rotatable bonds is 6. The lowest BCUT2D eigenvalue weighted by atomic mass is 10.4. The van der Waals surface area contributed by atoms with Crippen molar-refractivity contribution in [3.05, 3.63) is 0 Å². The van der Waals surface area contributed by atoms with Gasteiger partial charge in [-0.2, -0.15) is 10.5 Å². The van der Waals surface area contributed by atoms with Gasteiger partial charge in [-0.05, 0) is 12.5 Å². The van der Waals surface area contributed by atoms with Crippen LogP contribution in [0.4, 0.5) is 0 Å². The van der Waals surface area contributed by atoms with Crippen molar-refractivity contribution in [2.75, 3.05) is 13.3 Å². The van der Waals surface area contributed by atoms with Crippen LogP contribution in [0.15, 0.2) is 10.3 Å². The van der Waals surface area contributed by atoms with Crippen molar-refractivity contribution >= 4 is 8.07 Å². The largest absolute Gasteiger partial charge is 0.358 e. The maximum atomic E-state index is 5.53. The average molecular weight is 230 g/mol. The van der Waals surface area contributed by atoms with Crippen LogP contribution in [0.25, 0.3) is 0 Å². The molecule has 1 N–H and O–H groups in total. The Bertz CT molecular complexity index is 217. The van der Waals surface area contributed by atoms with E-state index in [1.54, 1.807) is 5.12 Å². The normalized spacial score (nSPS) is 21.3. The summed E-state index contributed by atoms with van der Waals surface area (Å²) in [6.07, 6.45) is 1.08. The van der Waals surface area contributed by atoms with E-state index in [4.69, 9.17) is 4.74 Å². The van der Waals surface area contributed by atoms with E-state index in [1.165, 1.54) is 6.04 Å². The molecule has 0 spiro atoms. The molecule has 0 saturated heterocycles. The van der Waals surface area contributed by atoms with Crippen LogP contribution in [-0.2, 0) is 4.74 Å². The molecule has 1 rings (SSSR count). The molecule has 1 aliphatic rings. The fourth-order valence-electron chi connectivity index (χ4n) is 1.11. The van der Waals surface area contributed by atoms with Crippen molar-refractivity contribution in [3.63, 3.8) is 0 Å². The SMILES string of the molecule is CCC1N=NN(COCC[Si](C)(C)C)N1. The predicted octanol–water partition coefficient (Wildman–Crippen LogP) is 2.22. The molecule has 88 valence electrons. The summed E-state index contributed by atoms with van der Waals surface area (Å²) < 4.78 is 5.53. The van der Waals surface area contributed by atoms with Crippen molar-refractivity contribution in [2.45, 2.75) is 45.2 Å². The number of hydrazine groups is 1. The van der Waals surface area contributed by atoms with Crippen LogP contribution in [-0.4, -0.2) is 32.7 Å². The molecule has 0 aromatic rings. The lowest BCUT2D eigenvalue weighted by molar-refractivity contribution is 0.0103. The third kappa shape index (κ3) is 5.24. The molecule has 0 amide bonds. The van der Waals surface area contributed by atoms with Crippen LogP contribution >= 0.6 is 0 Å². The second-order valence-corrected chi connectivity index (χ2v) is 10.6. The maximum Gasteiger partial charge on any atom is 0.153 e. The summed E-state index contributed by atoms with van der Waals surface area (Å²) in [4.78, 5) is 0. The van der Waals surface area contributed by atoms with Gasteiger partial charge in [0, 0.05) is 14.7 Å². The number of nitrogens with zero attached hydrogens (tertiary/aromatic N) is 3. The fraction of sp³-hybridized carbons (Fsp3) is 1.00. The molecule has 0 fully saturated rings. The van der Waals surface area contributed by atoms with Gasteiger partial charge < -0.3 is 4.74 Å². The average Bonchev–Trinajstić information content (AvgIpc) is 2.59. The second kappa shape index (κ2) is 5.57. The molecule has 0 aromatic heterocycles. The molecular weight excluding hydrogens is 208 g/mol. The topological polar surface area (TPSA) is 49.2 Å². The highest BCUT2D eigenvalue weighted by Crippen LogP contribution is 2.09. The Labute approximate surface area is 92.8 Å². The van der Waals surface area contributed by atoms with Crippen molar-refractivity contribution in [2.24, 2.45) is 10.3 Å². The van der Waals surface area contributed by atoms with Gasteiger partial charge in [-0.15, -0.1) is 5.11 Å². The van der Waals surface area contributed by atoms with Gasteiger partial charge >= 0.3 is 0 Å². The lowest BCUT2D eigenvalue weighted by Gasteiger charge is -2.18. The molecule has 1 unspecified atom stereocenters. The molecule has 5 nitrogen and oxygen atoms in total. The Morgan fingerprint density at radius 2 is 2.13 bits per heavy atom. The third-order valence-electron chi connectivity index (χ3n) is 2.19. The molecule has 15 heavy (non-hydrogen) atoms. The Balaban J connectivity index is 2.05. The van der Waals surface area contributed by atoms with E-state index in [0.717, 1.165) is 13.0 Å². The summed E-state index contributed by atoms with van der Waals surface area (Å²) in [5, 5.41) is 9.65. The van der Waals surface area contributed by atoms with E-state index in [1.807, 2.05) is 0 Å². The molecule has 1 aliphatic heterocycles. The fourth-order valence-corrected chi connectivity index (χ4v) is 1.87. The zero-order valence-electron chi connectivity index (χ0n) is 10.2. The van der Waals surface area contributed by atoms with Crippen molar-refractivity contribution in [1.29, 1.82) is 0 Å². The first kappa shape index (κ1) is 12.6. The van der Waals surface area contributed by atoms with Gasteiger partial charge in [-0.25, -0.2) is 0 Å². The van der Waals surface area contributed by atoms with Crippen LogP contribution in [0.2, 0.25) is 25.7 Å². The van der Waals surface area contributed by atoms with E-state index in [9.17, 15) is 0 Å². The number of hydrogen-bond acceptors (Lipinski definition) is 5. The van der Waals surface area contributed by atoms with Crippen LogP contribution in [0.3, 0.4) is 0 Å². The summed E-state index contributed by atoms with van der Waals surface area (Å²) in [5.74, 6) is 0. The summed E-state index contributed by atoms with van der Waals surface area (Å²) in [6, 6.07) is 1.19. The van der Waals surface area contributed by atoms with Gasteiger partial charge in [0.2, 0.25) is 0 Å². The van der Waals surface area contributed by atoms with Crippen LogP contribution in [0.1, 0.15) is 13.3 Å². The molecule has 0 aliphatic carbocycles. The molecule has 1 heterocycles. The summed E-state index contributed by atoms with van der Waals surface area (Å²) in [7, 11) is -0.972. The Morgan fingerprint density at radius 1 is 1.40 bits per heavy atom. The molecular formula is C9H22N4OSi. The van der Waals surface area contributed by atoms with Crippen LogP contribution in [0.5, 0.6) is 0 Å². The van der Waals surface area contributed by atoms with E-state index < -0.39 is 8.07 Å². The number of hydrogen-bond donors (Lipinski definition) is 1. The summed E-state index contributed by atoms with van der Waals surface area (Å²) in [6.45, 7) is 10.4. The Kier molecular flexibility index (Phi) is 4.68. The number of nitrogens with one attached hydrogen (secondary N) is 1. The van der Waals surface area contributed by atoms with E-state index in [2.05, 4.69) is 42.3 Å². The number of ether oxygens (including phenoxy) is 1. The third-order valence-corrected chi connectivity index (χ3v) is 3.90. The molecule has 6 heteroatoms. The van der Waals surface area contributed by atoms with Gasteiger partial charge in [0.25, 0.3) is 0 Å². The zero-order valence-corrected chi connectivity index (χ0v) is 11.2. The van der Waals surface area contributed by atoms with Crippen LogP contribution < -0.4 is 5.43 Å². The monoisotopic (exact) mass is 230 g/mol. The Morgan fingerprint density at radius 3 is 2.67 bits per heavy atom. The van der Waals surface area contributed by atoms with Crippen molar-refractivity contribution in [1.82, 2.24) is 10.5 Å². The molecule has 1 atom stereocenters. The van der Waals surface area contributed by atoms with Gasteiger partial charge in [-0.3, -0.25) is 0 Å².